The van der Waals surface area contributed by atoms with E-state index in [9.17, 15) is 4.79 Å². The van der Waals surface area contributed by atoms with Crippen LogP contribution in [0.3, 0.4) is 0 Å². The molecule has 19 heavy (non-hydrogen) atoms. The number of nitrogen functional groups attached to an aromatic ring is 1. The first-order chi connectivity index (χ1) is 9.22. The number of benzene rings is 1. The van der Waals surface area contributed by atoms with Crippen LogP contribution in [0, 0.1) is 11.3 Å². The van der Waals surface area contributed by atoms with E-state index in [2.05, 4.69) is 5.32 Å². The van der Waals surface area contributed by atoms with Gasteiger partial charge in [0.2, 0.25) is 5.91 Å². The zero-order chi connectivity index (χ0) is 13.7. The highest BCUT2D eigenvalue weighted by Crippen LogP contribution is 2.21. The third kappa shape index (κ3) is 3.16. The van der Waals surface area contributed by atoms with Crippen LogP contribution in [0.4, 0.5) is 11.4 Å². The highest BCUT2D eigenvalue weighted by molar-refractivity contribution is 5.78. The molecule has 1 aliphatic heterocycles. The number of nitrogens with zero attached hydrogens (tertiary/aromatic N) is 2. The molecule has 0 spiro atoms. The summed E-state index contributed by atoms with van der Waals surface area (Å²) in [4.78, 5) is 13.7. The summed E-state index contributed by atoms with van der Waals surface area (Å²) < 4.78 is 0. The number of hydrogen-bond donors (Lipinski definition) is 2. The van der Waals surface area contributed by atoms with Crippen LogP contribution in [0.1, 0.15) is 24.8 Å². The molecule has 0 atom stereocenters. The van der Waals surface area contributed by atoms with Crippen molar-refractivity contribution in [2.75, 3.05) is 30.7 Å². The molecule has 0 radical (unpaired) electrons. The van der Waals surface area contributed by atoms with Gasteiger partial charge in [-0.15, -0.1) is 0 Å². The predicted octanol–water partition coefficient (Wildman–Crippen LogP) is 1.56. The van der Waals surface area contributed by atoms with Gasteiger partial charge in [-0.2, -0.15) is 5.26 Å². The lowest BCUT2D eigenvalue weighted by Gasteiger charge is -2.16. The summed E-state index contributed by atoms with van der Waals surface area (Å²) in [7, 11) is 0. The number of likely N-dealkylation sites (tertiary alicyclic amines) is 1. The minimum atomic E-state index is 0.181. The number of carbonyl (C=O) groups is 1. The first-order valence-corrected chi connectivity index (χ1v) is 6.52. The van der Waals surface area contributed by atoms with E-state index in [0.29, 0.717) is 29.9 Å². The number of anilines is 2. The maximum absolute atomic E-state index is 11.8. The molecular formula is C14H18N4O. The van der Waals surface area contributed by atoms with Crippen LogP contribution in [-0.4, -0.2) is 30.4 Å². The lowest BCUT2D eigenvalue weighted by molar-refractivity contribution is -0.129. The minimum absolute atomic E-state index is 0.181. The molecule has 1 saturated heterocycles. The zero-order valence-electron chi connectivity index (χ0n) is 10.9. The van der Waals surface area contributed by atoms with E-state index in [0.717, 1.165) is 25.9 Å². The lowest BCUT2D eigenvalue weighted by atomic mass is 10.1. The Morgan fingerprint density at radius 2 is 2.16 bits per heavy atom. The third-order valence-electron chi connectivity index (χ3n) is 3.34. The van der Waals surface area contributed by atoms with Gasteiger partial charge in [0.15, 0.2) is 0 Å². The van der Waals surface area contributed by atoms with Gasteiger partial charge in [-0.3, -0.25) is 4.79 Å². The Balaban J connectivity index is 1.86. The molecule has 1 aromatic carbocycles. The topological polar surface area (TPSA) is 82.2 Å². The van der Waals surface area contributed by atoms with Gasteiger partial charge >= 0.3 is 0 Å². The van der Waals surface area contributed by atoms with E-state index in [1.165, 1.54) is 0 Å². The Labute approximate surface area is 113 Å². The van der Waals surface area contributed by atoms with Crippen molar-refractivity contribution in [3.8, 4) is 6.07 Å². The SMILES string of the molecule is N#Cc1cccc(NCCC(=O)N2CCCC2)c1N. The summed E-state index contributed by atoms with van der Waals surface area (Å²) in [5.41, 5.74) is 7.47. The number of nitriles is 1. The molecule has 0 bridgehead atoms. The second-order valence-electron chi connectivity index (χ2n) is 4.64. The number of hydrogen-bond acceptors (Lipinski definition) is 4. The van der Waals surface area contributed by atoms with Gasteiger partial charge < -0.3 is 16.0 Å². The molecular weight excluding hydrogens is 240 g/mol. The van der Waals surface area contributed by atoms with E-state index >= 15 is 0 Å². The molecule has 1 aliphatic rings. The average Bonchev–Trinajstić information content (AvgIpc) is 2.94. The van der Waals surface area contributed by atoms with Crippen molar-refractivity contribution in [1.29, 1.82) is 5.26 Å². The Kier molecular flexibility index (Phi) is 4.24. The van der Waals surface area contributed by atoms with Crippen molar-refractivity contribution in [3.05, 3.63) is 23.8 Å². The van der Waals surface area contributed by atoms with Crippen molar-refractivity contribution in [2.45, 2.75) is 19.3 Å². The fraction of sp³-hybridized carbons (Fsp3) is 0.429. The average molecular weight is 258 g/mol. The van der Waals surface area contributed by atoms with E-state index in [-0.39, 0.29) is 5.91 Å². The highest BCUT2D eigenvalue weighted by atomic mass is 16.2. The van der Waals surface area contributed by atoms with Crippen LogP contribution < -0.4 is 11.1 Å². The molecule has 0 saturated carbocycles. The molecule has 1 aromatic rings. The van der Waals surface area contributed by atoms with Crippen molar-refractivity contribution in [2.24, 2.45) is 0 Å². The monoisotopic (exact) mass is 258 g/mol. The van der Waals surface area contributed by atoms with Crippen molar-refractivity contribution in [1.82, 2.24) is 4.90 Å². The molecule has 100 valence electrons. The maximum atomic E-state index is 11.8. The Morgan fingerprint density at radius 3 is 2.84 bits per heavy atom. The fourth-order valence-electron chi connectivity index (χ4n) is 2.25. The molecule has 5 heteroatoms. The predicted molar refractivity (Wildman–Crippen MR) is 74.5 cm³/mol. The molecule has 1 fully saturated rings. The molecule has 0 aromatic heterocycles. The number of para-hydroxylation sites is 1. The zero-order valence-corrected chi connectivity index (χ0v) is 10.9. The van der Waals surface area contributed by atoms with Crippen LogP contribution in [0.5, 0.6) is 0 Å². The molecule has 3 N–H and O–H groups in total. The van der Waals surface area contributed by atoms with E-state index in [4.69, 9.17) is 11.0 Å². The van der Waals surface area contributed by atoms with Gasteiger partial charge in [0, 0.05) is 26.1 Å². The van der Waals surface area contributed by atoms with Crippen molar-refractivity contribution >= 4 is 17.3 Å². The van der Waals surface area contributed by atoms with Crippen LogP contribution >= 0.6 is 0 Å². The van der Waals surface area contributed by atoms with Crippen molar-refractivity contribution in [3.63, 3.8) is 0 Å². The van der Waals surface area contributed by atoms with E-state index in [1.54, 1.807) is 12.1 Å². The smallest absolute Gasteiger partial charge is 0.224 e. The minimum Gasteiger partial charge on any atom is -0.396 e. The van der Waals surface area contributed by atoms with Gasteiger partial charge in [-0.1, -0.05) is 6.07 Å². The first kappa shape index (κ1) is 13.2. The molecule has 5 nitrogen and oxygen atoms in total. The summed E-state index contributed by atoms with van der Waals surface area (Å²) in [5, 5.41) is 12.0. The number of nitrogens with one attached hydrogen (secondary N) is 1. The van der Waals surface area contributed by atoms with Crippen LogP contribution in [0.2, 0.25) is 0 Å². The van der Waals surface area contributed by atoms with Gasteiger partial charge in [0.1, 0.15) is 6.07 Å². The van der Waals surface area contributed by atoms with Crippen LogP contribution in [-0.2, 0) is 4.79 Å². The second kappa shape index (κ2) is 6.10. The highest BCUT2D eigenvalue weighted by Gasteiger charge is 2.17. The standard InChI is InChI=1S/C14H18N4O/c15-10-11-4-3-5-12(14(11)16)17-7-6-13(19)18-8-1-2-9-18/h3-5,17H,1-2,6-9,16H2. The van der Waals surface area contributed by atoms with Gasteiger partial charge in [-0.25, -0.2) is 0 Å². The van der Waals surface area contributed by atoms with Crippen LogP contribution in [0.15, 0.2) is 18.2 Å². The Hall–Kier alpha value is -2.22. The van der Waals surface area contributed by atoms with E-state index < -0.39 is 0 Å². The van der Waals surface area contributed by atoms with Gasteiger partial charge in [0.05, 0.1) is 16.9 Å². The van der Waals surface area contributed by atoms with Crippen molar-refractivity contribution < 1.29 is 4.79 Å². The Morgan fingerprint density at radius 1 is 1.42 bits per heavy atom. The lowest BCUT2D eigenvalue weighted by Crippen LogP contribution is -2.29. The Bertz CT molecular complexity index is 501. The summed E-state index contributed by atoms with van der Waals surface area (Å²) in [6.07, 6.45) is 2.67. The number of nitrogens with two attached hydrogens (primary N) is 1. The normalized spacial score (nSPS) is 14.2. The second-order valence-corrected chi connectivity index (χ2v) is 4.64. The third-order valence-corrected chi connectivity index (χ3v) is 3.34. The molecule has 0 unspecified atom stereocenters. The molecule has 1 heterocycles. The summed E-state index contributed by atoms with van der Waals surface area (Å²) in [6, 6.07) is 7.31. The molecule has 0 aliphatic carbocycles. The number of amides is 1. The fourth-order valence-corrected chi connectivity index (χ4v) is 2.25. The number of carbonyl (C=O) groups excluding carboxylic acids is 1. The maximum Gasteiger partial charge on any atom is 0.224 e. The van der Waals surface area contributed by atoms with E-state index in [1.807, 2.05) is 17.0 Å². The van der Waals surface area contributed by atoms with Gasteiger partial charge in [-0.05, 0) is 25.0 Å². The first-order valence-electron chi connectivity index (χ1n) is 6.52. The summed E-state index contributed by atoms with van der Waals surface area (Å²) in [5.74, 6) is 0.181. The van der Waals surface area contributed by atoms with Crippen LogP contribution in [0.25, 0.3) is 0 Å². The molecule has 1 amide bonds. The number of rotatable bonds is 4. The summed E-state index contributed by atoms with van der Waals surface area (Å²) >= 11 is 0. The largest absolute Gasteiger partial charge is 0.396 e. The van der Waals surface area contributed by atoms with Gasteiger partial charge in [0.25, 0.3) is 0 Å². The molecule has 2 rings (SSSR count). The summed E-state index contributed by atoms with van der Waals surface area (Å²) in [6.45, 7) is 2.30. The quantitative estimate of drug-likeness (QED) is 0.803.